The monoisotopic (exact) mass is 253 g/mol. The predicted molar refractivity (Wildman–Crippen MR) is 64.1 cm³/mol. The minimum atomic E-state index is -1.38. The van der Waals surface area contributed by atoms with Gasteiger partial charge in [0.25, 0.3) is 0 Å². The zero-order valence-electron chi connectivity index (χ0n) is 10.3. The normalized spacial score (nSPS) is 23.4. The second-order valence-corrected chi connectivity index (χ2v) is 5.37. The predicted octanol–water partition coefficient (Wildman–Crippen LogP) is 4.27. The summed E-state index contributed by atoms with van der Waals surface area (Å²) < 4.78 is 40.5. The van der Waals surface area contributed by atoms with Crippen LogP contribution >= 0.6 is 0 Å². The molecule has 0 bridgehead atoms. The minimum absolute atomic E-state index is 0.164. The minimum Gasteiger partial charge on any atom is -0.358 e. The summed E-state index contributed by atoms with van der Waals surface area (Å²) in [6.07, 6.45) is 1.75. The highest BCUT2D eigenvalue weighted by atomic mass is 19.2. The van der Waals surface area contributed by atoms with Crippen molar-refractivity contribution in [3.8, 4) is 0 Å². The van der Waals surface area contributed by atoms with Crippen molar-refractivity contribution >= 4 is 10.9 Å². The maximum atomic E-state index is 13.9. The molecule has 1 aliphatic rings. The van der Waals surface area contributed by atoms with Crippen LogP contribution in [-0.4, -0.2) is 4.98 Å². The molecule has 0 saturated carbocycles. The molecule has 0 fully saturated rings. The van der Waals surface area contributed by atoms with Crippen LogP contribution in [0, 0.1) is 23.4 Å². The molecule has 2 atom stereocenters. The van der Waals surface area contributed by atoms with Crippen molar-refractivity contribution in [1.29, 1.82) is 0 Å². The van der Waals surface area contributed by atoms with Gasteiger partial charge in [0.15, 0.2) is 17.5 Å². The molecule has 3 rings (SSSR count). The molecule has 1 heterocycles. The lowest BCUT2D eigenvalue weighted by atomic mass is 9.81. The van der Waals surface area contributed by atoms with E-state index in [0.717, 1.165) is 30.2 Å². The fourth-order valence-corrected chi connectivity index (χ4v) is 3.20. The van der Waals surface area contributed by atoms with Crippen molar-refractivity contribution in [2.75, 3.05) is 0 Å². The third-order valence-electron chi connectivity index (χ3n) is 3.84. The molecule has 1 N–H and O–H groups in total. The second-order valence-electron chi connectivity index (χ2n) is 5.37. The highest BCUT2D eigenvalue weighted by molar-refractivity contribution is 5.86. The van der Waals surface area contributed by atoms with Crippen molar-refractivity contribution in [2.45, 2.75) is 32.6 Å². The van der Waals surface area contributed by atoms with Crippen LogP contribution in [0.15, 0.2) is 6.07 Å². The Bertz CT molecular complexity index is 630. The number of rotatable bonds is 0. The number of hydrogen-bond acceptors (Lipinski definition) is 0. The average Bonchev–Trinajstić information content (AvgIpc) is 2.64. The Kier molecular flexibility index (Phi) is 2.44. The Hall–Kier alpha value is -1.45. The van der Waals surface area contributed by atoms with Crippen LogP contribution in [0.4, 0.5) is 13.2 Å². The van der Waals surface area contributed by atoms with E-state index in [2.05, 4.69) is 11.9 Å². The van der Waals surface area contributed by atoms with Gasteiger partial charge in [-0.25, -0.2) is 13.2 Å². The molecule has 0 radical (unpaired) electrons. The number of nitrogens with one attached hydrogen (secondary N) is 1. The summed E-state index contributed by atoms with van der Waals surface area (Å²) in [6, 6.07) is 1.05. The quantitative estimate of drug-likeness (QED) is 0.675. The Morgan fingerprint density at radius 3 is 2.61 bits per heavy atom. The SMILES string of the molecule is CC1Cc2[nH]c3cc(F)c(F)c(F)c3c2C(C)C1. The first-order chi connectivity index (χ1) is 8.49. The van der Waals surface area contributed by atoms with Crippen LogP contribution in [0.2, 0.25) is 0 Å². The summed E-state index contributed by atoms with van der Waals surface area (Å²) in [4.78, 5) is 3.04. The van der Waals surface area contributed by atoms with Gasteiger partial charge in [-0.3, -0.25) is 0 Å². The Morgan fingerprint density at radius 1 is 1.17 bits per heavy atom. The zero-order valence-corrected chi connectivity index (χ0v) is 10.3. The van der Waals surface area contributed by atoms with E-state index >= 15 is 0 Å². The van der Waals surface area contributed by atoms with Gasteiger partial charge < -0.3 is 4.98 Å². The molecule has 2 aromatic rings. The smallest absolute Gasteiger partial charge is 0.195 e. The summed E-state index contributed by atoms with van der Waals surface area (Å²) in [5, 5.41) is 0.225. The van der Waals surface area contributed by atoms with Gasteiger partial charge in [-0.05, 0) is 30.2 Å². The van der Waals surface area contributed by atoms with Crippen LogP contribution in [0.25, 0.3) is 10.9 Å². The molecular weight excluding hydrogens is 239 g/mol. The van der Waals surface area contributed by atoms with Gasteiger partial charge >= 0.3 is 0 Å². The number of hydrogen-bond donors (Lipinski definition) is 1. The lowest BCUT2D eigenvalue weighted by Crippen LogP contribution is -2.14. The summed E-state index contributed by atoms with van der Waals surface area (Å²) in [5.74, 6) is -2.92. The van der Waals surface area contributed by atoms with Crippen molar-refractivity contribution in [1.82, 2.24) is 4.98 Å². The molecule has 0 aliphatic heterocycles. The highest BCUT2D eigenvalue weighted by Gasteiger charge is 2.28. The maximum Gasteiger partial charge on any atom is 0.195 e. The van der Waals surface area contributed by atoms with Gasteiger partial charge in [0.1, 0.15) is 0 Å². The van der Waals surface area contributed by atoms with Gasteiger partial charge in [-0.15, -0.1) is 0 Å². The van der Waals surface area contributed by atoms with Crippen LogP contribution in [0.5, 0.6) is 0 Å². The van der Waals surface area contributed by atoms with Crippen molar-refractivity contribution in [2.24, 2.45) is 5.92 Å². The summed E-state index contributed by atoms with van der Waals surface area (Å²) in [6.45, 7) is 4.13. The average molecular weight is 253 g/mol. The van der Waals surface area contributed by atoms with Crippen molar-refractivity contribution in [3.05, 3.63) is 34.8 Å². The second kappa shape index (κ2) is 3.77. The zero-order chi connectivity index (χ0) is 13.0. The van der Waals surface area contributed by atoms with Crippen LogP contribution in [0.1, 0.15) is 37.4 Å². The van der Waals surface area contributed by atoms with Crippen LogP contribution in [0.3, 0.4) is 0 Å². The lowest BCUT2D eigenvalue weighted by molar-refractivity contribution is 0.442. The summed E-state index contributed by atoms with van der Waals surface area (Å²) in [5.41, 5.74) is 2.09. The first-order valence-electron chi connectivity index (χ1n) is 6.17. The van der Waals surface area contributed by atoms with E-state index in [1.54, 1.807) is 0 Å². The molecule has 1 aliphatic carbocycles. The molecule has 0 saturated heterocycles. The Morgan fingerprint density at radius 2 is 1.89 bits per heavy atom. The molecule has 2 unspecified atom stereocenters. The molecule has 18 heavy (non-hydrogen) atoms. The van der Waals surface area contributed by atoms with Crippen molar-refractivity contribution < 1.29 is 13.2 Å². The van der Waals surface area contributed by atoms with E-state index in [0.29, 0.717) is 11.4 Å². The number of aromatic nitrogens is 1. The number of aromatic amines is 1. The molecule has 0 spiro atoms. The standard InChI is InChI=1S/C14H14F3N/c1-6-3-7(2)11-9(4-6)18-10-5-8(15)13(16)14(17)12(10)11/h5-7,18H,3-4H2,1-2H3. The molecule has 1 aromatic carbocycles. The third kappa shape index (κ3) is 1.48. The maximum absolute atomic E-state index is 13.9. The van der Waals surface area contributed by atoms with Crippen molar-refractivity contribution in [3.63, 3.8) is 0 Å². The molecule has 1 nitrogen and oxygen atoms in total. The van der Waals surface area contributed by atoms with Crippen LogP contribution in [-0.2, 0) is 6.42 Å². The number of fused-ring (bicyclic) bond motifs is 3. The Balaban J connectivity index is 2.36. The van der Waals surface area contributed by atoms with E-state index in [4.69, 9.17) is 0 Å². The van der Waals surface area contributed by atoms with E-state index < -0.39 is 17.5 Å². The summed E-state index contributed by atoms with van der Waals surface area (Å²) >= 11 is 0. The fourth-order valence-electron chi connectivity index (χ4n) is 3.20. The van der Waals surface area contributed by atoms with E-state index in [-0.39, 0.29) is 11.3 Å². The Labute approximate surface area is 103 Å². The van der Waals surface area contributed by atoms with Gasteiger partial charge in [0, 0.05) is 17.1 Å². The molecule has 1 aromatic heterocycles. The van der Waals surface area contributed by atoms with Gasteiger partial charge in [-0.1, -0.05) is 13.8 Å². The van der Waals surface area contributed by atoms with E-state index in [1.807, 2.05) is 6.92 Å². The van der Waals surface area contributed by atoms with Gasteiger partial charge in [-0.2, -0.15) is 0 Å². The topological polar surface area (TPSA) is 15.8 Å². The third-order valence-corrected chi connectivity index (χ3v) is 3.84. The van der Waals surface area contributed by atoms with Gasteiger partial charge in [0.05, 0.1) is 5.52 Å². The first kappa shape index (κ1) is 11.6. The molecule has 96 valence electrons. The lowest BCUT2D eigenvalue weighted by Gasteiger charge is -2.24. The first-order valence-corrected chi connectivity index (χ1v) is 6.17. The largest absolute Gasteiger partial charge is 0.358 e. The number of H-pyrrole nitrogens is 1. The molecule has 4 heteroatoms. The van der Waals surface area contributed by atoms with Gasteiger partial charge in [0.2, 0.25) is 0 Å². The molecule has 0 amide bonds. The number of benzene rings is 1. The van der Waals surface area contributed by atoms with E-state index in [1.165, 1.54) is 0 Å². The molecular formula is C14H14F3N. The van der Waals surface area contributed by atoms with E-state index in [9.17, 15) is 13.2 Å². The van der Waals surface area contributed by atoms with Crippen LogP contribution < -0.4 is 0 Å². The fraction of sp³-hybridized carbons (Fsp3) is 0.429. The summed E-state index contributed by atoms with van der Waals surface area (Å²) in [7, 11) is 0. The number of halogens is 3. The highest BCUT2D eigenvalue weighted by Crippen LogP contribution is 2.40.